The number of hydrogen-bond donors (Lipinski definition) is 2. The summed E-state index contributed by atoms with van der Waals surface area (Å²) in [6.07, 6.45) is 2.85. The van der Waals surface area contributed by atoms with Crippen LogP contribution < -0.4 is 5.32 Å². The molecule has 0 bridgehead atoms. The summed E-state index contributed by atoms with van der Waals surface area (Å²) in [4.78, 5) is 13.2. The highest BCUT2D eigenvalue weighted by atomic mass is 16.3. The fourth-order valence-corrected chi connectivity index (χ4v) is 1.45. The zero-order valence-corrected chi connectivity index (χ0v) is 11.6. The molecule has 18 heavy (non-hydrogen) atoms. The van der Waals surface area contributed by atoms with E-state index in [4.69, 9.17) is 0 Å². The Kier molecular flexibility index (Phi) is 4.34. The predicted octanol–water partition coefficient (Wildman–Crippen LogP) is 1.48. The predicted molar refractivity (Wildman–Crippen MR) is 70.6 cm³/mol. The number of aliphatic hydroxyl groups excluding tert-OH is 1. The van der Waals surface area contributed by atoms with E-state index in [1.807, 2.05) is 20.8 Å². The van der Waals surface area contributed by atoms with Gasteiger partial charge >= 0.3 is 6.03 Å². The second-order valence-electron chi connectivity index (χ2n) is 5.50. The minimum Gasteiger partial charge on any atom is -0.392 e. The standard InChI is InChI=1S/C12H22N4O2/c1-9(17)7-15(5)11(18)14-10-6-13-16(8-10)12(2,3)4/h6,8-9,17H,7H2,1-5H3,(H,14,18). The quantitative estimate of drug-likeness (QED) is 0.858. The van der Waals surface area contributed by atoms with Gasteiger partial charge in [-0.2, -0.15) is 5.10 Å². The molecule has 102 valence electrons. The molecule has 2 N–H and O–H groups in total. The van der Waals surface area contributed by atoms with E-state index in [0.29, 0.717) is 12.2 Å². The molecule has 1 aromatic heterocycles. The third-order valence-electron chi connectivity index (χ3n) is 2.41. The molecule has 2 amide bonds. The van der Waals surface area contributed by atoms with Crippen LogP contribution in [0.5, 0.6) is 0 Å². The lowest BCUT2D eigenvalue weighted by atomic mass is 10.1. The topological polar surface area (TPSA) is 70.4 Å². The number of aromatic nitrogens is 2. The van der Waals surface area contributed by atoms with Crippen molar-refractivity contribution in [3.63, 3.8) is 0 Å². The number of carbonyl (C=O) groups is 1. The van der Waals surface area contributed by atoms with Gasteiger partial charge in [0.25, 0.3) is 0 Å². The number of nitrogens with zero attached hydrogens (tertiary/aromatic N) is 3. The second kappa shape index (κ2) is 5.39. The van der Waals surface area contributed by atoms with Gasteiger partial charge in [-0.1, -0.05) is 0 Å². The molecule has 0 aliphatic carbocycles. The molecule has 0 saturated heterocycles. The van der Waals surface area contributed by atoms with Crippen molar-refractivity contribution < 1.29 is 9.90 Å². The maximum absolute atomic E-state index is 11.8. The Hall–Kier alpha value is -1.56. The first-order chi connectivity index (χ1) is 8.20. The van der Waals surface area contributed by atoms with Crippen LogP contribution in [0.25, 0.3) is 0 Å². The molecule has 1 unspecified atom stereocenters. The van der Waals surface area contributed by atoms with Gasteiger partial charge in [-0.15, -0.1) is 0 Å². The van der Waals surface area contributed by atoms with Crippen molar-refractivity contribution in [3.05, 3.63) is 12.4 Å². The molecule has 0 aliphatic rings. The van der Waals surface area contributed by atoms with Crippen molar-refractivity contribution in [3.8, 4) is 0 Å². The van der Waals surface area contributed by atoms with Crippen LogP contribution in [0.1, 0.15) is 27.7 Å². The molecule has 0 fully saturated rings. The van der Waals surface area contributed by atoms with Crippen LogP contribution in [0.15, 0.2) is 12.4 Å². The molecule has 0 aromatic carbocycles. The van der Waals surface area contributed by atoms with Gasteiger partial charge in [0.15, 0.2) is 0 Å². The van der Waals surface area contributed by atoms with Crippen LogP contribution in [0.3, 0.4) is 0 Å². The smallest absolute Gasteiger partial charge is 0.321 e. The zero-order chi connectivity index (χ0) is 13.9. The van der Waals surface area contributed by atoms with E-state index in [1.165, 1.54) is 4.90 Å². The highest BCUT2D eigenvalue weighted by molar-refractivity contribution is 5.88. The fraction of sp³-hybridized carbons (Fsp3) is 0.667. The van der Waals surface area contributed by atoms with E-state index >= 15 is 0 Å². The van der Waals surface area contributed by atoms with Gasteiger partial charge in [0.05, 0.1) is 23.5 Å². The number of hydrogen-bond acceptors (Lipinski definition) is 3. The van der Waals surface area contributed by atoms with Gasteiger partial charge in [-0.25, -0.2) is 4.79 Å². The number of nitrogens with one attached hydrogen (secondary N) is 1. The monoisotopic (exact) mass is 254 g/mol. The van der Waals surface area contributed by atoms with E-state index in [1.54, 1.807) is 31.0 Å². The highest BCUT2D eigenvalue weighted by Gasteiger charge is 2.16. The van der Waals surface area contributed by atoms with Crippen LogP contribution in [-0.2, 0) is 5.54 Å². The van der Waals surface area contributed by atoms with Crippen molar-refractivity contribution in [2.24, 2.45) is 0 Å². The fourth-order valence-electron chi connectivity index (χ4n) is 1.45. The van der Waals surface area contributed by atoms with Crippen molar-refractivity contribution in [2.45, 2.75) is 39.3 Å². The summed E-state index contributed by atoms with van der Waals surface area (Å²) in [7, 11) is 1.64. The first-order valence-corrected chi connectivity index (χ1v) is 5.95. The number of anilines is 1. The molecule has 6 nitrogen and oxygen atoms in total. The largest absolute Gasteiger partial charge is 0.392 e. The van der Waals surface area contributed by atoms with E-state index in [0.717, 1.165) is 0 Å². The van der Waals surface area contributed by atoms with E-state index in [2.05, 4.69) is 10.4 Å². The summed E-state index contributed by atoms with van der Waals surface area (Å²) in [6, 6.07) is -0.260. The number of urea groups is 1. The molecular weight excluding hydrogens is 232 g/mol. The number of amides is 2. The van der Waals surface area contributed by atoms with E-state index < -0.39 is 6.10 Å². The molecule has 0 saturated carbocycles. The van der Waals surface area contributed by atoms with Gasteiger partial charge in [-0.05, 0) is 27.7 Å². The van der Waals surface area contributed by atoms with Crippen molar-refractivity contribution >= 4 is 11.7 Å². The number of likely N-dealkylation sites (N-methyl/N-ethyl adjacent to an activating group) is 1. The average Bonchev–Trinajstić information content (AvgIpc) is 2.64. The summed E-state index contributed by atoms with van der Waals surface area (Å²) >= 11 is 0. The van der Waals surface area contributed by atoms with E-state index in [-0.39, 0.29) is 11.6 Å². The molecule has 1 rings (SSSR count). The van der Waals surface area contributed by atoms with Crippen LogP contribution in [-0.4, -0.2) is 45.5 Å². The van der Waals surface area contributed by atoms with Crippen molar-refractivity contribution in [1.82, 2.24) is 14.7 Å². The van der Waals surface area contributed by atoms with Crippen molar-refractivity contribution in [1.29, 1.82) is 0 Å². The third kappa shape index (κ3) is 4.03. The number of aliphatic hydroxyl groups is 1. The second-order valence-corrected chi connectivity index (χ2v) is 5.50. The Bertz CT molecular complexity index is 406. The lowest BCUT2D eigenvalue weighted by Gasteiger charge is -2.19. The van der Waals surface area contributed by atoms with Gasteiger partial charge in [0.2, 0.25) is 0 Å². The molecule has 1 atom stereocenters. The van der Waals surface area contributed by atoms with Gasteiger partial charge in [0, 0.05) is 19.8 Å². The van der Waals surface area contributed by atoms with Crippen LogP contribution in [0.4, 0.5) is 10.5 Å². The lowest BCUT2D eigenvalue weighted by molar-refractivity contribution is 0.149. The molecule has 6 heteroatoms. The van der Waals surface area contributed by atoms with Gasteiger partial charge < -0.3 is 15.3 Å². The summed E-state index contributed by atoms with van der Waals surface area (Å²) in [5.41, 5.74) is 0.529. The summed E-state index contributed by atoms with van der Waals surface area (Å²) in [6.45, 7) is 8.03. The molecule has 0 spiro atoms. The molecule has 0 aliphatic heterocycles. The number of carbonyl (C=O) groups excluding carboxylic acids is 1. The number of rotatable bonds is 3. The highest BCUT2D eigenvalue weighted by Crippen LogP contribution is 2.15. The normalized spacial score (nSPS) is 13.2. The Balaban J connectivity index is 2.63. The zero-order valence-electron chi connectivity index (χ0n) is 11.6. The Labute approximate surface area is 108 Å². The minimum atomic E-state index is -0.543. The lowest BCUT2D eigenvalue weighted by Crippen LogP contribution is -2.36. The minimum absolute atomic E-state index is 0.117. The van der Waals surface area contributed by atoms with E-state index in [9.17, 15) is 9.90 Å². The Morgan fingerprint density at radius 1 is 1.61 bits per heavy atom. The maximum atomic E-state index is 11.8. The van der Waals surface area contributed by atoms with Crippen LogP contribution >= 0.6 is 0 Å². The Morgan fingerprint density at radius 2 is 2.22 bits per heavy atom. The average molecular weight is 254 g/mol. The SMILES string of the molecule is CC(O)CN(C)C(=O)Nc1cnn(C(C)(C)C)c1. The molecule has 0 radical (unpaired) electrons. The summed E-state index contributed by atoms with van der Waals surface area (Å²) in [5.74, 6) is 0. The van der Waals surface area contributed by atoms with Crippen LogP contribution in [0, 0.1) is 0 Å². The van der Waals surface area contributed by atoms with Crippen molar-refractivity contribution in [2.75, 3.05) is 18.9 Å². The van der Waals surface area contributed by atoms with Crippen LogP contribution in [0.2, 0.25) is 0 Å². The molecular formula is C12H22N4O2. The van der Waals surface area contributed by atoms with Gasteiger partial charge in [-0.3, -0.25) is 4.68 Å². The summed E-state index contributed by atoms with van der Waals surface area (Å²) < 4.78 is 1.79. The molecule has 1 aromatic rings. The maximum Gasteiger partial charge on any atom is 0.321 e. The Morgan fingerprint density at radius 3 is 2.67 bits per heavy atom. The first kappa shape index (κ1) is 14.5. The third-order valence-corrected chi connectivity index (χ3v) is 2.41. The first-order valence-electron chi connectivity index (χ1n) is 5.95. The molecule has 1 heterocycles. The van der Waals surface area contributed by atoms with Gasteiger partial charge in [0.1, 0.15) is 0 Å². The summed E-state index contributed by atoms with van der Waals surface area (Å²) in [5, 5.41) is 16.1.